The molecule has 0 atom stereocenters. The molecule has 0 fully saturated rings. The number of hydrogen-bond donors (Lipinski definition) is 2. The summed E-state index contributed by atoms with van der Waals surface area (Å²) in [7, 11) is 3.92. The van der Waals surface area contributed by atoms with E-state index >= 15 is 0 Å². The van der Waals surface area contributed by atoms with Crippen LogP contribution >= 0.6 is 0 Å². The van der Waals surface area contributed by atoms with Crippen molar-refractivity contribution in [3.05, 3.63) is 53.8 Å². The van der Waals surface area contributed by atoms with E-state index < -0.39 is 5.82 Å². The lowest BCUT2D eigenvalue weighted by atomic mass is 10.2. The van der Waals surface area contributed by atoms with Crippen molar-refractivity contribution < 1.29 is 9.50 Å². The maximum absolute atomic E-state index is 13.2. The number of phenolic OH excluding ortho intramolecular Hbond substituents is 1. The zero-order valence-electron chi connectivity index (χ0n) is 11.0. The molecule has 0 aliphatic rings. The van der Waals surface area contributed by atoms with Crippen molar-refractivity contribution in [3.8, 4) is 5.75 Å². The van der Waals surface area contributed by atoms with Crippen molar-refractivity contribution in [3.63, 3.8) is 0 Å². The Morgan fingerprint density at radius 3 is 2.58 bits per heavy atom. The summed E-state index contributed by atoms with van der Waals surface area (Å²) in [6.45, 7) is 0.369. The van der Waals surface area contributed by atoms with Crippen molar-refractivity contribution in [2.24, 2.45) is 0 Å². The van der Waals surface area contributed by atoms with Crippen LogP contribution in [0.15, 0.2) is 42.5 Å². The minimum Gasteiger partial charge on any atom is -0.505 e. The lowest BCUT2D eigenvalue weighted by Crippen LogP contribution is -2.12. The monoisotopic (exact) mass is 260 g/mol. The van der Waals surface area contributed by atoms with Crippen LogP contribution in [-0.4, -0.2) is 19.2 Å². The molecule has 0 aliphatic heterocycles. The number of phenols is 1. The Morgan fingerprint density at radius 1 is 1.11 bits per heavy atom. The molecule has 0 saturated carbocycles. The van der Waals surface area contributed by atoms with E-state index in [4.69, 9.17) is 0 Å². The van der Waals surface area contributed by atoms with Crippen LogP contribution in [0.1, 0.15) is 5.56 Å². The number of benzene rings is 2. The predicted molar refractivity (Wildman–Crippen MR) is 76.2 cm³/mol. The quantitative estimate of drug-likeness (QED) is 0.886. The van der Waals surface area contributed by atoms with Crippen LogP contribution in [-0.2, 0) is 6.54 Å². The zero-order valence-corrected chi connectivity index (χ0v) is 11.0. The smallest absolute Gasteiger partial charge is 0.165 e. The van der Waals surface area contributed by atoms with E-state index in [0.29, 0.717) is 12.1 Å². The molecule has 100 valence electrons. The zero-order chi connectivity index (χ0) is 13.8. The highest BCUT2D eigenvalue weighted by atomic mass is 19.1. The van der Waals surface area contributed by atoms with Crippen LogP contribution in [0.2, 0.25) is 0 Å². The van der Waals surface area contributed by atoms with Gasteiger partial charge in [0, 0.05) is 26.2 Å². The van der Waals surface area contributed by atoms with Gasteiger partial charge in [-0.3, -0.25) is 0 Å². The average molecular weight is 260 g/mol. The minimum absolute atomic E-state index is 0.294. The Labute approximate surface area is 112 Å². The third-order valence-corrected chi connectivity index (χ3v) is 2.93. The number of nitrogens with zero attached hydrogens (tertiary/aromatic N) is 1. The Kier molecular flexibility index (Phi) is 3.90. The van der Waals surface area contributed by atoms with E-state index in [1.165, 1.54) is 6.07 Å². The van der Waals surface area contributed by atoms with Gasteiger partial charge >= 0.3 is 0 Å². The van der Waals surface area contributed by atoms with Gasteiger partial charge in [-0.15, -0.1) is 0 Å². The molecule has 4 heteroatoms. The normalized spacial score (nSPS) is 10.3. The highest BCUT2D eigenvalue weighted by Crippen LogP contribution is 2.26. The first-order valence-electron chi connectivity index (χ1n) is 6.06. The first kappa shape index (κ1) is 13.2. The maximum Gasteiger partial charge on any atom is 0.165 e. The summed E-state index contributed by atoms with van der Waals surface area (Å²) in [5.74, 6) is -0.891. The molecular formula is C15H17FN2O. The van der Waals surface area contributed by atoms with Gasteiger partial charge in [0.15, 0.2) is 11.6 Å². The van der Waals surface area contributed by atoms with E-state index in [0.717, 1.165) is 11.4 Å². The molecule has 0 radical (unpaired) electrons. The van der Waals surface area contributed by atoms with Crippen LogP contribution in [0.5, 0.6) is 5.75 Å². The Morgan fingerprint density at radius 2 is 1.84 bits per heavy atom. The number of rotatable bonds is 4. The average Bonchev–Trinajstić information content (AvgIpc) is 2.40. The number of para-hydroxylation sites is 3. The fraction of sp³-hybridized carbons (Fsp3) is 0.200. The van der Waals surface area contributed by atoms with Gasteiger partial charge in [0.1, 0.15) is 0 Å². The van der Waals surface area contributed by atoms with Crippen LogP contribution in [0, 0.1) is 5.82 Å². The number of halogens is 1. The fourth-order valence-corrected chi connectivity index (χ4v) is 1.91. The summed E-state index contributed by atoms with van der Waals surface area (Å²) in [6.07, 6.45) is 0. The maximum atomic E-state index is 13.2. The van der Waals surface area contributed by atoms with Gasteiger partial charge in [-0.25, -0.2) is 4.39 Å². The molecule has 0 aromatic heterocycles. The largest absolute Gasteiger partial charge is 0.505 e. The second-order valence-electron chi connectivity index (χ2n) is 4.51. The van der Waals surface area contributed by atoms with Gasteiger partial charge in [0.2, 0.25) is 0 Å². The van der Waals surface area contributed by atoms with Crippen LogP contribution < -0.4 is 10.2 Å². The minimum atomic E-state index is -0.597. The summed E-state index contributed by atoms with van der Waals surface area (Å²) in [5.41, 5.74) is 2.52. The molecule has 2 aromatic carbocycles. The van der Waals surface area contributed by atoms with Gasteiger partial charge in [0.25, 0.3) is 0 Å². The first-order chi connectivity index (χ1) is 9.09. The molecule has 0 unspecified atom stereocenters. The fourth-order valence-electron chi connectivity index (χ4n) is 1.91. The van der Waals surface area contributed by atoms with Gasteiger partial charge < -0.3 is 15.3 Å². The summed E-state index contributed by atoms with van der Waals surface area (Å²) >= 11 is 0. The third-order valence-electron chi connectivity index (χ3n) is 2.93. The van der Waals surface area contributed by atoms with Crippen molar-refractivity contribution in [2.45, 2.75) is 6.54 Å². The molecular weight excluding hydrogens is 243 g/mol. The molecule has 2 aromatic rings. The first-order valence-corrected chi connectivity index (χ1v) is 6.06. The summed E-state index contributed by atoms with van der Waals surface area (Å²) < 4.78 is 13.2. The molecule has 2 N–H and O–H groups in total. The second-order valence-corrected chi connectivity index (χ2v) is 4.51. The molecule has 0 amide bonds. The third kappa shape index (κ3) is 2.96. The highest BCUT2D eigenvalue weighted by Gasteiger charge is 2.08. The number of aromatic hydroxyl groups is 1. The van der Waals surface area contributed by atoms with Gasteiger partial charge in [0.05, 0.1) is 11.4 Å². The standard InChI is InChI=1S/C15H17FN2O/c1-18(2)14-9-4-3-8-13(14)17-10-11-6-5-7-12(16)15(11)19/h3-9,17,19H,10H2,1-2H3. The number of anilines is 2. The van der Waals surface area contributed by atoms with E-state index in [2.05, 4.69) is 5.32 Å². The van der Waals surface area contributed by atoms with Gasteiger partial charge in [-0.1, -0.05) is 24.3 Å². The molecule has 0 spiro atoms. The summed E-state index contributed by atoms with van der Waals surface area (Å²) in [4.78, 5) is 1.99. The lowest BCUT2D eigenvalue weighted by molar-refractivity contribution is 0.427. The van der Waals surface area contributed by atoms with E-state index in [-0.39, 0.29) is 5.75 Å². The molecule has 0 saturated heterocycles. The Balaban J connectivity index is 2.17. The van der Waals surface area contributed by atoms with Crippen LogP contribution in [0.3, 0.4) is 0 Å². The van der Waals surface area contributed by atoms with Crippen molar-refractivity contribution in [1.29, 1.82) is 0 Å². The number of nitrogens with one attached hydrogen (secondary N) is 1. The molecule has 0 bridgehead atoms. The van der Waals surface area contributed by atoms with Crippen molar-refractivity contribution >= 4 is 11.4 Å². The van der Waals surface area contributed by atoms with E-state index in [1.807, 2.05) is 43.3 Å². The van der Waals surface area contributed by atoms with Crippen LogP contribution in [0.4, 0.5) is 15.8 Å². The highest BCUT2D eigenvalue weighted by molar-refractivity contribution is 5.69. The number of hydrogen-bond acceptors (Lipinski definition) is 3. The van der Waals surface area contributed by atoms with Crippen molar-refractivity contribution in [2.75, 3.05) is 24.3 Å². The predicted octanol–water partition coefficient (Wildman–Crippen LogP) is 3.21. The lowest BCUT2D eigenvalue weighted by Gasteiger charge is -2.18. The summed E-state index contributed by atoms with van der Waals surface area (Å²) in [5, 5.41) is 12.8. The molecule has 0 heterocycles. The van der Waals surface area contributed by atoms with E-state index in [1.54, 1.807) is 12.1 Å². The topological polar surface area (TPSA) is 35.5 Å². The van der Waals surface area contributed by atoms with E-state index in [9.17, 15) is 9.50 Å². The molecule has 2 rings (SSSR count). The van der Waals surface area contributed by atoms with Gasteiger partial charge in [-0.05, 0) is 18.2 Å². The molecule has 0 aliphatic carbocycles. The second kappa shape index (κ2) is 5.61. The summed E-state index contributed by atoms with van der Waals surface area (Å²) in [6, 6.07) is 12.4. The SMILES string of the molecule is CN(C)c1ccccc1NCc1cccc(F)c1O. The van der Waals surface area contributed by atoms with Crippen molar-refractivity contribution in [1.82, 2.24) is 0 Å². The molecule has 3 nitrogen and oxygen atoms in total. The van der Waals surface area contributed by atoms with Crippen LogP contribution in [0.25, 0.3) is 0 Å². The Bertz CT molecular complexity index is 570. The van der Waals surface area contributed by atoms with Gasteiger partial charge in [-0.2, -0.15) is 0 Å². The molecule has 19 heavy (non-hydrogen) atoms. The Hall–Kier alpha value is -2.23.